The van der Waals surface area contributed by atoms with E-state index >= 15 is 0 Å². The summed E-state index contributed by atoms with van der Waals surface area (Å²) in [6.07, 6.45) is 9.94. The fraction of sp³-hybridized carbons (Fsp3) is 1.00. The van der Waals surface area contributed by atoms with Gasteiger partial charge in [0.05, 0.1) is 12.2 Å². The van der Waals surface area contributed by atoms with Crippen molar-refractivity contribution >= 4 is 0 Å². The van der Waals surface area contributed by atoms with Gasteiger partial charge in [0.1, 0.15) is 0 Å². The minimum absolute atomic E-state index is 0.504. The molecule has 0 aromatic heterocycles. The molecule has 0 spiro atoms. The van der Waals surface area contributed by atoms with E-state index in [0.29, 0.717) is 18.1 Å². The molecule has 0 aliphatic carbocycles. The van der Waals surface area contributed by atoms with Crippen LogP contribution in [-0.4, -0.2) is 25.4 Å². The van der Waals surface area contributed by atoms with Gasteiger partial charge in [0, 0.05) is 13.2 Å². The van der Waals surface area contributed by atoms with Gasteiger partial charge < -0.3 is 9.47 Å². The summed E-state index contributed by atoms with van der Waals surface area (Å²) in [4.78, 5) is 0. The lowest BCUT2D eigenvalue weighted by molar-refractivity contribution is -0.0488. The van der Waals surface area contributed by atoms with Crippen molar-refractivity contribution in [2.45, 2.75) is 64.1 Å². The van der Waals surface area contributed by atoms with Crippen LogP contribution in [0.3, 0.4) is 0 Å². The normalized spacial score (nSPS) is 35.0. The summed E-state index contributed by atoms with van der Waals surface area (Å²) < 4.78 is 11.6. The van der Waals surface area contributed by atoms with Crippen LogP contribution >= 0.6 is 0 Å². The van der Waals surface area contributed by atoms with E-state index in [0.717, 1.165) is 13.2 Å². The number of hydrogen-bond acceptors (Lipinski definition) is 2. The maximum atomic E-state index is 5.83. The van der Waals surface area contributed by atoms with E-state index in [1.54, 1.807) is 0 Å². The van der Waals surface area contributed by atoms with Gasteiger partial charge in [-0.1, -0.05) is 6.92 Å². The van der Waals surface area contributed by atoms with Gasteiger partial charge in [0.2, 0.25) is 0 Å². The predicted octanol–water partition coefficient (Wildman–Crippen LogP) is 3.15. The average Bonchev–Trinajstić information content (AvgIpc) is 2.31. The number of rotatable bonds is 3. The van der Waals surface area contributed by atoms with E-state index in [1.165, 1.54) is 44.9 Å². The summed E-state index contributed by atoms with van der Waals surface area (Å²) in [6.45, 7) is 4.28. The van der Waals surface area contributed by atoms with Gasteiger partial charge in [0.25, 0.3) is 0 Å². The van der Waals surface area contributed by atoms with Crippen LogP contribution in [0.25, 0.3) is 0 Å². The number of hydrogen-bond donors (Lipinski definition) is 0. The summed E-state index contributed by atoms with van der Waals surface area (Å²) >= 11 is 0. The van der Waals surface area contributed by atoms with Gasteiger partial charge in [0.15, 0.2) is 0 Å². The lowest BCUT2D eigenvalue weighted by Crippen LogP contribution is -2.30. The molecule has 2 heterocycles. The van der Waals surface area contributed by atoms with Gasteiger partial charge in [-0.2, -0.15) is 0 Å². The lowest BCUT2D eigenvalue weighted by Gasteiger charge is -2.31. The molecular weight excluding hydrogens is 188 g/mol. The summed E-state index contributed by atoms with van der Waals surface area (Å²) in [5.41, 5.74) is 0. The van der Waals surface area contributed by atoms with Crippen LogP contribution < -0.4 is 0 Å². The van der Waals surface area contributed by atoms with Crippen molar-refractivity contribution in [3.05, 3.63) is 0 Å². The quantitative estimate of drug-likeness (QED) is 0.715. The zero-order valence-corrected chi connectivity index (χ0v) is 9.91. The molecule has 2 nitrogen and oxygen atoms in total. The van der Waals surface area contributed by atoms with Crippen molar-refractivity contribution in [2.24, 2.45) is 5.92 Å². The third-order valence-corrected chi connectivity index (χ3v) is 3.76. The molecule has 0 N–H and O–H groups in total. The fourth-order valence-corrected chi connectivity index (χ4v) is 2.77. The molecule has 0 amide bonds. The Morgan fingerprint density at radius 2 is 1.73 bits per heavy atom. The summed E-state index contributed by atoms with van der Waals surface area (Å²) in [6, 6.07) is 0. The highest BCUT2D eigenvalue weighted by atomic mass is 16.5. The molecule has 0 aromatic rings. The number of ether oxygens (including phenoxy) is 2. The third-order valence-electron chi connectivity index (χ3n) is 3.76. The molecule has 2 rings (SSSR count). The van der Waals surface area contributed by atoms with E-state index in [9.17, 15) is 0 Å². The van der Waals surface area contributed by atoms with Crippen LogP contribution in [0.2, 0.25) is 0 Å². The maximum absolute atomic E-state index is 5.83. The Balaban J connectivity index is 1.72. The second-order valence-corrected chi connectivity index (χ2v) is 5.11. The molecule has 88 valence electrons. The summed E-state index contributed by atoms with van der Waals surface area (Å²) in [5, 5.41) is 0. The molecule has 2 aliphatic rings. The van der Waals surface area contributed by atoms with Crippen molar-refractivity contribution < 1.29 is 9.47 Å². The smallest absolute Gasteiger partial charge is 0.0601 e. The molecule has 2 heteroatoms. The zero-order chi connectivity index (χ0) is 10.5. The van der Waals surface area contributed by atoms with E-state index in [-0.39, 0.29) is 0 Å². The topological polar surface area (TPSA) is 18.5 Å². The molecule has 2 fully saturated rings. The second kappa shape index (κ2) is 5.86. The van der Waals surface area contributed by atoms with Crippen molar-refractivity contribution in [2.75, 3.05) is 13.2 Å². The average molecular weight is 212 g/mol. The molecule has 0 aromatic carbocycles. The maximum Gasteiger partial charge on any atom is 0.0601 e. The van der Waals surface area contributed by atoms with E-state index in [2.05, 4.69) is 6.92 Å². The van der Waals surface area contributed by atoms with Crippen LogP contribution in [-0.2, 0) is 9.47 Å². The van der Waals surface area contributed by atoms with Gasteiger partial charge in [-0.05, 0) is 50.9 Å². The van der Waals surface area contributed by atoms with E-state index < -0.39 is 0 Å². The third kappa shape index (κ3) is 3.46. The Morgan fingerprint density at radius 3 is 2.33 bits per heavy atom. The van der Waals surface area contributed by atoms with Crippen molar-refractivity contribution in [1.29, 1.82) is 0 Å². The first-order valence-corrected chi connectivity index (χ1v) is 6.59. The van der Waals surface area contributed by atoms with Gasteiger partial charge >= 0.3 is 0 Å². The van der Waals surface area contributed by atoms with Gasteiger partial charge in [-0.25, -0.2) is 0 Å². The van der Waals surface area contributed by atoms with Gasteiger partial charge in [-0.15, -0.1) is 0 Å². The SMILES string of the molecule is CC(CC1CCCCO1)C1CCCCO1. The Hall–Kier alpha value is -0.0800. The van der Waals surface area contributed by atoms with Crippen molar-refractivity contribution in [1.82, 2.24) is 0 Å². The standard InChI is InChI=1S/C13H24O2/c1-11(13-7-3-5-9-15-13)10-12-6-2-4-8-14-12/h11-13H,2-10H2,1H3. The van der Waals surface area contributed by atoms with Crippen LogP contribution in [0.1, 0.15) is 51.9 Å². The van der Waals surface area contributed by atoms with Gasteiger partial charge in [-0.3, -0.25) is 0 Å². The highest BCUT2D eigenvalue weighted by Gasteiger charge is 2.24. The van der Waals surface area contributed by atoms with Crippen molar-refractivity contribution in [3.63, 3.8) is 0 Å². The monoisotopic (exact) mass is 212 g/mol. The molecule has 0 bridgehead atoms. The molecule has 2 saturated heterocycles. The van der Waals surface area contributed by atoms with E-state index in [1.807, 2.05) is 0 Å². The lowest BCUT2D eigenvalue weighted by atomic mass is 9.90. The first kappa shape index (κ1) is 11.4. The van der Waals surface area contributed by atoms with Crippen LogP contribution in [0.5, 0.6) is 0 Å². The Kier molecular flexibility index (Phi) is 4.45. The largest absolute Gasteiger partial charge is 0.378 e. The molecule has 2 aliphatic heterocycles. The molecule has 0 radical (unpaired) electrons. The van der Waals surface area contributed by atoms with Crippen molar-refractivity contribution in [3.8, 4) is 0 Å². The Morgan fingerprint density at radius 1 is 1.00 bits per heavy atom. The Labute approximate surface area is 93.3 Å². The minimum atomic E-state index is 0.504. The molecular formula is C13H24O2. The second-order valence-electron chi connectivity index (χ2n) is 5.11. The summed E-state index contributed by atoms with van der Waals surface area (Å²) in [7, 11) is 0. The molecule has 3 unspecified atom stereocenters. The predicted molar refractivity (Wildman–Crippen MR) is 61.0 cm³/mol. The first-order valence-electron chi connectivity index (χ1n) is 6.59. The van der Waals surface area contributed by atoms with Crippen LogP contribution in [0.15, 0.2) is 0 Å². The fourth-order valence-electron chi connectivity index (χ4n) is 2.77. The van der Waals surface area contributed by atoms with Crippen LogP contribution in [0.4, 0.5) is 0 Å². The molecule has 15 heavy (non-hydrogen) atoms. The van der Waals surface area contributed by atoms with E-state index in [4.69, 9.17) is 9.47 Å². The molecule has 0 saturated carbocycles. The highest BCUT2D eigenvalue weighted by molar-refractivity contribution is 4.75. The summed E-state index contributed by atoms with van der Waals surface area (Å²) in [5.74, 6) is 0.674. The molecule has 3 atom stereocenters. The Bertz CT molecular complexity index is 169. The first-order chi connectivity index (χ1) is 7.36. The van der Waals surface area contributed by atoms with Crippen LogP contribution in [0, 0.1) is 5.92 Å². The highest BCUT2D eigenvalue weighted by Crippen LogP contribution is 2.26. The minimum Gasteiger partial charge on any atom is -0.378 e. The zero-order valence-electron chi connectivity index (χ0n) is 9.91.